The van der Waals surface area contributed by atoms with E-state index in [1.165, 1.54) is 7.05 Å². The van der Waals surface area contributed by atoms with Crippen LogP contribution in [0, 0.1) is 0 Å². The molecule has 1 aromatic carbocycles. The molecule has 0 fully saturated rings. The molecular weight excluding hydrogens is 411 g/mol. The summed E-state index contributed by atoms with van der Waals surface area (Å²) in [5.74, 6) is -0.626. The summed E-state index contributed by atoms with van der Waals surface area (Å²) < 4.78 is 40.7. The van der Waals surface area contributed by atoms with Crippen molar-refractivity contribution in [2.24, 2.45) is 7.05 Å². The van der Waals surface area contributed by atoms with Crippen molar-refractivity contribution in [1.82, 2.24) is 9.78 Å². The van der Waals surface area contributed by atoms with Crippen LogP contribution in [0.1, 0.15) is 60.3 Å². The van der Waals surface area contributed by atoms with Crippen molar-refractivity contribution in [1.29, 1.82) is 0 Å². The van der Waals surface area contributed by atoms with Crippen molar-refractivity contribution in [2.75, 3.05) is 5.32 Å². The highest BCUT2D eigenvalue weighted by atomic mass is 79.9. The lowest BCUT2D eigenvalue weighted by atomic mass is 9.86. The van der Waals surface area contributed by atoms with Gasteiger partial charge in [0.1, 0.15) is 10.2 Å². The third kappa shape index (κ3) is 3.04. The van der Waals surface area contributed by atoms with Gasteiger partial charge in [-0.05, 0) is 50.9 Å². The molecule has 3 rings (SSSR count). The molecular formula is C18H19BrF3N3O. The molecule has 0 spiro atoms. The molecule has 1 aliphatic rings. The molecule has 1 unspecified atom stereocenters. The molecule has 1 aromatic heterocycles. The highest BCUT2D eigenvalue weighted by Gasteiger charge is 2.41. The van der Waals surface area contributed by atoms with E-state index in [2.05, 4.69) is 47.1 Å². The van der Waals surface area contributed by atoms with Gasteiger partial charge in [0.05, 0.1) is 0 Å². The molecule has 1 N–H and O–H groups in total. The van der Waals surface area contributed by atoms with Crippen molar-refractivity contribution in [3.8, 4) is 0 Å². The Morgan fingerprint density at radius 2 is 2.04 bits per heavy atom. The van der Waals surface area contributed by atoms with Crippen molar-refractivity contribution >= 4 is 27.5 Å². The zero-order valence-electron chi connectivity index (χ0n) is 14.8. The van der Waals surface area contributed by atoms with Crippen LogP contribution < -0.4 is 5.32 Å². The van der Waals surface area contributed by atoms with Crippen LogP contribution in [0.2, 0.25) is 0 Å². The number of rotatable bonds is 2. The van der Waals surface area contributed by atoms with Crippen molar-refractivity contribution in [3.63, 3.8) is 0 Å². The fraction of sp³-hybridized carbons (Fsp3) is 0.444. The van der Waals surface area contributed by atoms with E-state index in [-0.39, 0.29) is 15.9 Å². The topological polar surface area (TPSA) is 46.9 Å². The Labute approximate surface area is 157 Å². The summed E-state index contributed by atoms with van der Waals surface area (Å²) in [5, 5.41) is 6.11. The van der Waals surface area contributed by atoms with Gasteiger partial charge < -0.3 is 5.32 Å². The Morgan fingerprint density at radius 3 is 2.65 bits per heavy atom. The van der Waals surface area contributed by atoms with Gasteiger partial charge in [-0.1, -0.05) is 32.9 Å². The minimum absolute atomic E-state index is 0.0109. The van der Waals surface area contributed by atoms with Crippen LogP contribution in [0.25, 0.3) is 0 Å². The fourth-order valence-electron chi connectivity index (χ4n) is 3.86. The molecule has 1 aliphatic carbocycles. The number of anilines is 1. The third-order valence-corrected chi connectivity index (χ3v) is 5.78. The van der Waals surface area contributed by atoms with Crippen LogP contribution >= 0.6 is 15.9 Å². The quantitative estimate of drug-likeness (QED) is 0.709. The van der Waals surface area contributed by atoms with Crippen molar-refractivity contribution in [3.05, 3.63) is 45.2 Å². The number of benzene rings is 1. The largest absolute Gasteiger partial charge is 0.436 e. The summed E-state index contributed by atoms with van der Waals surface area (Å²) in [4.78, 5) is 12.7. The first-order valence-corrected chi connectivity index (χ1v) is 8.97. The van der Waals surface area contributed by atoms with Crippen LogP contribution in [-0.4, -0.2) is 15.7 Å². The van der Waals surface area contributed by atoms with E-state index in [0.717, 1.165) is 22.2 Å². The highest BCUT2D eigenvalue weighted by molar-refractivity contribution is 9.10. The van der Waals surface area contributed by atoms with E-state index in [1.807, 2.05) is 12.1 Å². The maximum Gasteiger partial charge on any atom is 0.436 e. The van der Waals surface area contributed by atoms with E-state index in [0.29, 0.717) is 5.69 Å². The summed E-state index contributed by atoms with van der Waals surface area (Å²) in [6, 6.07) is 5.55. The van der Waals surface area contributed by atoms with Gasteiger partial charge in [-0.25, -0.2) is 0 Å². The minimum atomic E-state index is -4.72. The molecule has 1 amide bonds. The maximum absolute atomic E-state index is 13.2. The average molecular weight is 430 g/mol. The zero-order chi connectivity index (χ0) is 19.4. The van der Waals surface area contributed by atoms with Crippen LogP contribution in [0.5, 0.6) is 0 Å². The molecule has 0 aliphatic heterocycles. The first-order chi connectivity index (χ1) is 11.9. The molecule has 0 saturated heterocycles. The molecule has 26 heavy (non-hydrogen) atoms. The van der Waals surface area contributed by atoms with Crippen molar-refractivity contribution < 1.29 is 18.0 Å². The number of aryl methyl sites for hydroxylation is 1. The second-order valence-electron chi connectivity index (χ2n) is 7.35. The van der Waals surface area contributed by atoms with Gasteiger partial charge in [-0.2, -0.15) is 18.3 Å². The SMILES string of the molecule is CC1CC(C)(C)c2cccc(NC(=O)c3c(C(F)(F)F)nn(C)c3Br)c21. The van der Waals surface area contributed by atoms with E-state index in [4.69, 9.17) is 0 Å². The van der Waals surface area contributed by atoms with Gasteiger partial charge in [0.25, 0.3) is 5.91 Å². The number of carbonyl (C=O) groups is 1. The molecule has 0 saturated carbocycles. The smallest absolute Gasteiger partial charge is 0.322 e. The maximum atomic E-state index is 13.2. The molecule has 140 valence electrons. The molecule has 0 bridgehead atoms. The number of halogens is 4. The Morgan fingerprint density at radius 1 is 1.38 bits per heavy atom. The lowest BCUT2D eigenvalue weighted by molar-refractivity contribution is -0.141. The van der Waals surface area contributed by atoms with Gasteiger partial charge in [-0.15, -0.1) is 0 Å². The summed E-state index contributed by atoms with van der Waals surface area (Å²) in [6.07, 6.45) is -3.80. The predicted molar refractivity (Wildman–Crippen MR) is 96.4 cm³/mol. The van der Waals surface area contributed by atoms with Gasteiger partial charge in [0.2, 0.25) is 0 Å². The first kappa shape index (κ1) is 18.9. The number of alkyl halides is 3. The van der Waals surface area contributed by atoms with E-state index in [1.54, 1.807) is 6.07 Å². The van der Waals surface area contributed by atoms with Crippen LogP contribution in [0.3, 0.4) is 0 Å². The second kappa shape index (κ2) is 6.11. The molecule has 2 aromatic rings. The molecule has 8 heteroatoms. The average Bonchev–Trinajstić information content (AvgIpc) is 2.94. The number of fused-ring (bicyclic) bond motifs is 1. The number of hydrogen-bond donors (Lipinski definition) is 1. The van der Waals surface area contributed by atoms with Crippen LogP contribution in [0.15, 0.2) is 22.8 Å². The van der Waals surface area contributed by atoms with Gasteiger partial charge in [-0.3, -0.25) is 9.48 Å². The highest BCUT2D eigenvalue weighted by Crippen LogP contribution is 2.48. The van der Waals surface area contributed by atoms with E-state index in [9.17, 15) is 18.0 Å². The summed E-state index contributed by atoms with van der Waals surface area (Å²) in [5.41, 5.74) is 0.896. The number of nitrogens with zero attached hydrogens (tertiary/aromatic N) is 2. The molecule has 1 atom stereocenters. The van der Waals surface area contributed by atoms with E-state index < -0.39 is 23.3 Å². The van der Waals surface area contributed by atoms with Gasteiger partial charge in [0.15, 0.2) is 5.69 Å². The third-order valence-electron chi connectivity index (χ3n) is 4.87. The summed E-state index contributed by atoms with van der Waals surface area (Å²) >= 11 is 3.04. The Kier molecular flexibility index (Phi) is 4.45. The second-order valence-corrected chi connectivity index (χ2v) is 8.10. The standard InChI is InChI=1S/C18H19BrF3N3O/c1-9-8-17(2,3)10-6-5-7-11(12(9)10)23-16(26)13-14(18(20,21)22)24-25(4)15(13)19/h5-7,9H,8H2,1-4H3,(H,23,26). The van der Waals surface area contributed by atoms with Crippen LogP contribution in [-0.2, 0) is 18.6 Å². The van der Waals surface area contributed by atoms with Crippen molar-refractivity contribution in [2.45, 2.75) is 44.7 Å². The molecule has 0 radical (unpaired) electrons. The zero-order valence-corrected chi connectivity index (χ0v) is 16.4. The van der Waals surface area contributed by atoms with E-state index >= 15 is 0 Å². The summed E-state index contributed by atoms with van der Waals surface area (Å²) in [6.45, 7) is 6.31. The van der Waals surface area contributed by atoms with Gasteiger partial charge >= 0.3 is 6.18 Å². The first-order valence-electron chi connectivity index (χ1n) is 8.18. The monoisotopic (exact) mass is 429 g/mol. The molecule has 4 nitrogen and oxygen atoms in total. The van der Waals surface area contributed by atoms with Crippen LogP contribution in [0.4, 0.5) is 18.9 Å². The molecule has 1 heterocycles. The Hall–Kier alpha value is -1.83. The number of carbonyl (C=O) groups excluding carboxylic acids is 1. The fourth-order valence-corrected chi connectivity index (χ4v) is 4.31. The summed E-state index contributed by atoms with van der Waals surface area (Å²) in [7, 11) is 1.35. The number of amides is 1. The Balaban J connectivity index is 2.03. The lowest BCUT2D eigenvalue weighted by Crippen LogP contribution is -2.19. The lowest BCUT2D eigenvalue weighted by Gasteiger charge is -2.19. The number of nitrogens with one attached hydrogen (secondary N) is 1. The van der Waals surface area contributed by atoms with Gasteiger partial charge in [0, 0.05) is 12.7 Å². The predicted octanol–water partition coefficient (Wildman–Crippen LogP) is 5.24. The number of aromatic nitrogens is 2. The minimum Gasteiger partial charge on any atom is -0.322 e. The number of hydrogen-bond acceptors (Lipinski definition) is 2. The normalized spacial score (nSPS) is 18.7. The Bertz CT molecular complexity index is 887.